The first-order chi connectivity index (χ1) is 31.5. The molecule has 4 fully saturated rings. The van der Waals surface area contributed by atoms with Crippen LogP contribution in [-0.4, -0.2) is 154 Å². The van der Waals surface area contributed by atoms with Crippen molar-refractivity contribution in [3.8, 4) is 0 Å². The predicted molar refractivity (Wildman–Crippen MR) is 236 cm³/mol. The lowest BCUT2D eigenvalue weighted by Crippen LogP contribution is -2.59. The Kier molecular flexibility index (Phi) is 15.8. The average molecular weight is 921 g/mol. The fourth-order valence-electron chi connectivity index (χ4n) is 8.84. The van der Waals surface area contributed by atoms with Gasteiger partial charge in [-0.15, -0.1) is 0 Å². The van der Waals surface area contributed by atoms with E-state index in [0.29, 0.717) is 11.1 Å². The van der Waals surface area contributed by atoms with Gasteiger partial charge in [0.25, 0.3) is 0 Å². The second kappa shape index (κ2) is 21.2. The van der Waals surface area contributed by atoms with Gasteiger partial charge in [-0.2, -0.15) is 0 Å². The number of aliphatic hydroxyl groups excluding tert-OH is 5. The third-order valence-corrected chi connectivity index (χ3v) is 12.7. The number of ether oxygens (including phenoxy) is 6. The lowest BCUT2D eigenvalue weighted by molar-refractivity contribution is -0.298. The summed E-state index contributed by atoms with van der Waals surface area (Å²) in [5, 5.41) is 52.7. The van der Waals surface area contributed by atoms with E-state index in [-0.39, 0.29) is 49.7 Å². The molecule has 0 bridgehead atoms. The molecule has 2 aromatic carbocycles. The standard InChI is InChI=1S/C49H64N2O15/c1-48(2,3)65-39(54)21-20-34(26-52)50-44(58)35(23-29-9-6-5-7-10-29)51(4)45(59)31-24-36(43-37(25-31)64-49(66-43,32-16-17-32)33-18-19-33)62-46(60)30-14-12-28(13-15-30)11-8-22-61-47-42(57)41(56)40(55)38(27-53)63-47/h5-15,25,32-38,40-43,47,52-53,55-57H,16-24,26-27H2,1-4H3,(H,50,58)/t34-,35+,36+,37+,38+,40-,41-,42+,43-,47-/m0/s1. The molecule has 0 radical (unpaired) electrons. The van der Waals surface area contributed by atoms with Crippen LogP contribution < -0.4 is 5.32 Å². The zero-order valence-corrected chi connectivity index (χ0v) is 37.9. The minimum absolute atomic E-state index is 0.00501. The van der Waals surface area contributed by atoms with Gasteiger partial charge in [-0.05, 0) is 82.2 Å². The van der Waals surface area contributed by atoms with Crippen LogP contribution in [0.25, 0.3) is 6.08 Å². The highest BCUT2D eigenvalue weighted by Crippen LogP contribution is 2.59. The molecule has 3 aliphatic carbocycles. The smallest absolute Gasteiger partial charge is 0.338 e. The van der Waals surface area contributed by atoms with Crippen molar-refractivity contribution in [3.05, 3.63) is 89.0 Å². The van der Waals surface area contributed by atoms with E-state index >= 15 is 0 Å². The summed E-state index contributed by atoms with van der Waals surface area (Å²) >= 11 is 0. The third-order valence-electron chi connectivity index (χ3n) is 12.7. The van der Waals surface area contributed by atoms with Crippen molar-refractivity contribution in [3.63, 3.8) is 0 Å². The molecule has 2 heterocycles. The van der Waals surface area contributed by atoms with E-state index in [2.05, 4.69) is 5.32 Å². The Labute approximate surface area is 384 Å². The fraction of sp³-hybridized carbons (Fsp3) is 0.592. The maximum Gasteiger partial charge on any atom is 0.338 e. The van der Waals surface area contributed by atoms with E-state index in [4.69, 9.17) is 28.4 Å². The third kappa shape index (κ3) is 11.9. The van der Waals surface area contributed by atoms with Gasteiger partial charge >= 0.3 is 11.9 Å². The van der Waals surface area contributed by atoms with Crippen LogP contribution in [0.4, 0.5) is 0 Å². The van der Waals surface area contributed by atoms with Crippen LogP contribution in [0.1, 0.15) is 87.2 Å². The van der Waals surface area contributed by atoms with Crippen molar-refractivity contribution in [1.82, 2.24) is 10.2 Å². The van der Waals surface area contributed by atoms with Gasteiger partial charge in [0, 0.05) is 43.7 Å². The van der Waals surface area contributed by atoms with E-state index in [0.717, 1.165) is 31.2 Å². The van der Waals surface area contributed by atoms with Gasteiger partial charge in [0.15, 0.2) is 12.1 Å². The molecule has 2 aromatic rings. The predicted octanol–water partition coefficient (Wildman–Crippen LogP) is 2.34. The maximum atomic E-state index is 14.7. The lowest BCUT2D eigenvalue weighted by Gasteiger charge is -2.39. The first-order valence-corrected chi connectivity index (χ1v) is 22.9. The number of aliphatic hydroxyl groups is 5. The Hall–Kier alpha value is -4.56. The molecule has 360 valence electrons. The Bertz CT molecular complexity index is 2050. The van der Waals surface area contributed by atoms with Gasteiger partial charge in [-0.25, -0.2) is 4.79 Å². The van der Waals surface area contributed by atoms with Crippen molar-refractivity contribution >= 4 is 29.8 Å². The Balaban J connectivity index is 1.04. The highest BCUT2D eigenvalue weighted by molar-refractivity contribution is 5.97. The van der Waals surface area contributed by atoms with Crippen LogP contribution in [-0.2, 0) is 49.2 Å². The van der Waals surface area contributed by atoms with Gasteiger partial charge < -0.3 is 64.2 Å². The van der Waals surface area contributed by atoms with E-state index in [1.807, 2.05) is 30.3 Å². The number of hydrogen-bond acceptors (Lipinski definition) is 15. The van der Waals surface area contributed by atoms with E-state index in [9.17, 15) is 44.7 Å². The van der Waals surface area contributed by atoms with Crippen LogP contribution in [0, 0.1) is 11.8 Å². The zero-order valence-electron chi connectivity index (χ0n) is 37.9. The molecule has 2 saturated carbocycles. The number of hydrogen-bond donors (Lipinski definition) is 6. The second-order valence-corrected chi connectivity index (χ2v) is 19.0. The Morgan fingerprint density at radius 3 is 2.23 bits per heavy atom. The minimum Gasteiger partial charge on any atom is -0.460 e. The van der Waals surface area contributed by atoms with Gasteiger partial charge in [-0.3, -0.25) is 14.4 Å². The molecule has 7 rings (SSSR count). The summed E-state index contributed by atoms with van der Waals surface area (Å²) in [6.45, 7) is 4.23. The quantitative estimate of drug-likeness (QED) is 0.111. The second-order valence-electron chi connectivity index (χ2n) is 19.0. The number of benzene rings is 2. The topological polar surface area (TPSA) is 240 Å². The number of carbonyl (C=O) groups is 4. The summed E-state index contributed by atoms with van der Waals surface area (Å²) in [6, 6.07) is 14.0. The van der Waals surface area contributed by atoms with Gasteiger partial charge in [0.2, 0.25) is 11.8 Å². The number of fused-ring (bicyclic) bond motifs is 1. The molecule has 0 aromatic heterocycles. The van der Waals surface area contributed by atoms with Crippen LogP contribution >= 0.6 is 0 Å². The van der Waals surface area contributed by atoms with Crippen LogP contribution in [0.2, 0.25) is 0 Å². The molecule has 0 unspecified atom stereocenters. The summed E-state index contributed by atoms with van der Waals surface area (Å²) in [4.78, 5) is 56.5. The van der Waals surface area contributed by atoms with Crippen molar-refractivity contribution in [2.24, 2.45) is 11.8 Å². The largest absolute Gasteiger partial charge is 0.460 e. The van der Waals surface area contributed by atoms with Gasteiger partial charge in [0.05, 0.1) is 31.4 Å². The van der Waals surface area contributed by atoms with Crippen LogP contribution in [0.15, 0.2) is 72.3 Å². The molecule has 6 N–H and O–H groups in total. The molecule has 5 aliphatic rings. The summed E-state index contributed by atoms with van der Waals surface area (Å²) in [6.07, 6.45) is -0.109. The number of nitrogens with zero attached hydrogens (tertiary/aromatic N) is 1. The number of rotatable bonds is 19. The van der Waals surface area contributed by atoms with E-state index < -0.39 is 109 Å². The number of amides is 2. The first kappa shape index (κ1) is 49.3. The van der Waals surface area contributed by atoms with E-state index in [1.165, 1.54) is 4.90 Å². The number of likely N-dealkylation sites (N-methyl/N-ethyl adjacent to an activating group) is 1. The minimum atomic E-state index is -1.56. The van der Waals surface area contributed by atoms with Crippen LogP contribution in [0.5, 0.6) is 0 Å². The monoisotopic (exact) mass is 920 g/mol. The van der Waals surface area contributed by atoms with E-state index in [1.54, 1.807) is 70.3 Å². The lowest BCUT2D eigenvalue weighted by atomic mass is 9.90. The molecular weight excluding hydrogens is 857 g/mol. The number of carbonyl (C=O) groups excluding carboxylic acids is 4. The number of esters is 2. The average Bonchev–Trinajstić information content (AvgIpc) is 4.25. The van der Waals surface area contributed by atoms with Crippen molar-refractivity contribution in [1.29, 1.82) is 0 Å². The molecular formula is C49H64N2O15. The molecule has 17 heteroatoms. The molecule has 2 aliphatic heterocycles. The normalized spacial score (nSPS) is 28.2. The Morgan fingerprint density at radius 2 is 1.61 bits per heavy atom. The summed E-state index contributed by atoms with van der Waals surface area (Å²) in [5.41, 5.74) is 1.36. The molecule has 2 saturated heterocycles. The summed E-state index contributed by atoms with van der Waals surface area (Å²) in [5.74, 6) is -2.53. The highest BCUT2D eigenvalue weighted by Gasteiger charge is 2.64. The molecule has 66 heavy (non-hydrogen) atoms. The SMILES string of the molecule is CN(C(=O)C1=C[C@H]2OC(C3CC3)(C3CC3)O[C@H]2[C@H](OC(=O)c2ccc(C=CCO[C@H]3O[C@H](CO)[C@H](O)[C@H](O)[C@H]3O)cc2)C1)[C@H](Cc1ccccc1)C(=O)N[C@H](CO)CCC(=O)OC(C)(C)C. The zero-order chi connectivity index (χ0) is 47.3. The van der Waals surface area contributed by atoms with Crippen molar-refractivity contribution < 1.29 is 73.1 Å². The first-order valence-electron chi connectivity index (χ1n) is 22.9. The Morgan fingerprint density at radius 1 is 0.924 bits per heavy atom. The molecule has 17 nitrogen and oxygen atoms in total. The molecule has 0 spiro atoms. The fourth-order valence-corrected chi connectivity index (χ4v) is 8.84. The summed E-state index contributed by atoms with van der Waals surface area (Å²) < 4.78 is 36.1. The van der Waals surface area contributed by atoms with Crippen molar-refractivity contribution in [2.75, 3.05) is 26.9 Å². The van der Waals surface area contributed by atoms with Crippen LogP contribution in [0.3, 0.4) is 0 Å². The summed E-state index contributed by atoms with van der Waals surface area (Å²) in [7, 11) is 1.54. The van der Waals surface area contributed by atoms with Gasteiger partial charge in [-0.1, -0.05) is 54.6 Å². The maximum absolute atomic E-state index is 14.7. The molecule has 2 amide bonds. The van der Waals surface area contributed by atoms with Crippen molar-refractivity contribution in [2.45, 2.75) is 145 Å². The molecule has 10 atom stereocenters. The highest BCUT2D eigenvalue weighted by atomic mass is 16.8. The van der Waals surface area contributed by atoms with Gasteiger partial charge in [0.1, 0.15) is 54.4 Å². The number of nitrogens with one attached hydrogen (secondary N) is 1.